The van der Waals surface area contributed by atoms with Crippen LogP contribution in [0.25, 0.3) is 0 Å². The van der Waals surface area contributed by atoms with Crippen molar-refractivity contribution in [3.8, 4) is 0 Å². The van der Waals surface area contributed by atoms with Crippen molar-refractivity contribution < 1.29 is 0 Å². The number of hydrogen-bond acceptors (Lipinski definition) is 2. The molecule has 0 heterocycles. The number of guanidine groups is 1. The van der Waals surface area contributed by atoms with Crippen molar-refractivity contribution in [3.05, 3.63) is 0 Å². The van der Waals surface area contributed by atoms with Gasteiger partial charge in [0.25, 0.3) is 0 Å². The molecule has 0 radical (unpaired) electrons. The highest BCUT2D eigenvalue weighted by Gasteiger charge is 2.33. The summed E-state index contributed by atoms with van der Waals surface area (Å²) in [5.74, 6) is 1.77. The van der Waals surface area contributed by atoms with E-state index in [4.69, 9.17) is 0 Å². The smallest absolute Gasteiger partial charge is 0.191 e. The van der Waals surface area contributed by atoms with Crippen LogP contribution in [0.3, 0.4) is 0 Å². The second kappa shape index (κ2) is 8.41. The Morgan fingerprint density at radius 3 is 2.47 bits per heavy atom. The molecule has 1 aliphatic carbocycles. The average molecular weight is 268 g/mol. The van der Waals surface area contributed by atoms with Gasteiger partial charge >= 0.3 is 0 Å². The lowest BCUT2D eigenvalue weighted by Crippen LogP contribution is -2.43. The fourth-order valence-corrected chi connectivity index (χ4v) is 2.34. The molecule has 0 aromatic carbocycles. The molecule has 0 aliphatic heterocycles. The third kappa shape index (κ3) is 6.28. The summed E-state index contributed by atoms with van der Waals surface area (Å²) in [4.78, 5) is 6.78. The van der Waals surface area contributed by atoms with Crippen LogP contribution < -0.4 is 10.6 Å². The van der Waals surface area contributed by atoms with E-state index in [2.05, 4.69) is 48.2 Å². The molecular formula is C15H32N4. The van der Waals surface area contributed by atoms with Crippen molar-refractivity contribution in [2.24, 2.45) is 10.9 Å². The first-order valence-corrected chi connectivity index (χ1v) is 7.82. The zero-order chi connectivity index (χ0) is 14.3. The third-order valence-electron chi connectivity index (χ3n) is 4.04. The standard InChI is InChI=1S/C15H32N4/c1-6-19(7-2)10-8-9-13(4)17-15(16-5)18-14-11-12(14)3/h12-14H,6-11H2,1-5H3,(H2,16,17,18). The molecular weight excluding hydrogens is 236 g/mol. The van der Waals surface area contributed by atoms with Crippen molar-refractivity contribution in [1.29, 1.82) is 0 Å². The molecule has 2 N–H and O–H groups in total. The van der Waals surface area contributed by atoms with E-state index in [1.807, 2.05) is 7.05 Å². The van der Waals surface area contributed by atoms with Gasteiger partial charge in [0.2, 0.25) is 0 Å². The Bertz CT molecular complexity index is 273. The fraction of sp³-hybridized carbons (Fsp3) is 0.933. The highest BCUT2D eigenvalue weighted by Crippen LogP contribution is 2.28. The number of nitrogens with one attached hydrogen (secondary N) is 2. The topological polar surface area (TPSA) is 39.7 Å². The van der Waals surface area contributed by atoms with E-state index in [1.54, 1.807) is 0 Å². The van der Waals surface area contributed by atoms with Crippen LogP contribution in [0.2, 0.25) is 0 Å². The van der Waals surface area contributed by atoms with Crippen molar-refractivity contribution in [2.75, 3.05) is 26.7 Å². The number of nitrogens with zero attached hydrogens (tertiary/aromatic N) is 2. The fourth-order valence-electron chi connectivity index (χ4n) is 2.34. The molecule has 0 amide bonds. The van der Waals surface area contributed by atoms with Crippen LogP contribution in [0.5, 0.6) is 0 Å². The Labute approximate surface area is 119 Å². The van der Waals surface area contributed by atoms with E-state index in [1.165, 1.54) is 25.8 Å². The predicted molar refractivity (Wildman–Crippen MR) is 83.7 cm³/mol. The van der Waals surface area contributed by atoms with Crippen LogP contribution in [0.1, 0.15) is 47.0 Å². The first kappa shape index (κ1) is 16.3. The molecule has 4 heteroatoms. The Balaban J connectivity index is 2.16. The summed E-state index contributed by atoms with van der Waals surface area (Å²) in [5.41, 5.74) is 0. The summed E-state index contributed by atoms with van der Waals surface area (Å²) >= 11 is 0. The summed E-state index contributed by atoms with van der Waals surface area (Å²) in [5, 5.41) is 6.96. The highest BCUT2D eigenvalue weighted by molar-refractivity contribution is 5.80. The molecule has 112 valence electrons. The van der Waals surface area contributed by atoms with E-state index in [-0.39, 0.29) is 0 Å². The van der Waals surface area contributed by atoms with Gasteiger partial charge in [-0.05, 0) is 51.7 Å². The van der Waals surface area contributed by atoms with E-state index >= 15 is 0 Å². The van der Waals surface area contributed by atoms with Gasteiger partial charge in [-0.3, -0.25) is 4.99 Å². The van der Waals surface area contributed by atoms with Gasteiger partial charge in [0.1, 0.15) is 0 Å². The van der Waals surface area contributed by atoms with Gasteiger partial charge in [0.15, 0.2) is 5.96 Å². The van der Waals surface area contributed by atoms with Crippen molar-refractivity contribution >= 4 is 5.96 Å². The van der Waals surface area contributed by atoms with Crippen molar-refractivity contribution in [1.82, 2.24) is 15.5 Å². The first-order chi connectivity index (χ1) is 9.10. The summed E-state index contributed by atoms with van der Waals surface area (Å²) in [6.07, 6.45) is 3.71. The van der Waals surface area contributed by atoms with Gasteiger partial charge in [-0.1, -0.05) is 20.8 Å². The molecule has 0 aromatic heterocycles. The summed E-state index contributed by atoms with van der Waals surface area (Å²) < 4.78 is 0. The minimum Gasteiger partial charge on any atom is -0.354 e. The zero-order valence-electron chi connectivity index (χ0n) is 13.4. The lowest BCUT2D eigenvalue weighted by Gasteiger charge is -2.21. The van der Waals surface area contributed by atoms with Gasteiger partial charge in [0, 0.05) is 19.1 Å². The maximum absolute atomic E-state index is 4.30. The van der Waals surface area contributed by atoms with Gasteiger partial charge in [-0.2, -0.15) is 0 Å². The molecule has 1 saturated carbocycles. The minimum atomic E-state index is 0.482. The summed E-state index contributed by atoms with van der Waals surface area (Å²) in [7, 11) is 1.85. The van der Waals surface area contributed by atoms with Gasteiger partial charge in [-0.15, -0.1) is 0 Å². The van der Waals surface area contributed by atoms with Crippen LogP contribution in [-0.4, -0.2) is 49.6 Å². The molecule has 19 heavy (non-hydrogen) atoms. The second-order valence-electron chi connectivity index (χ2n) is 5.75. The van der Waals surface area contributed by atoms with Crippen LogP contribution in [0.15, 0.2) is 4.99 Å². The van der Waals surface area contributed by atoms with E-state index < -0.39 is 0 Å². The largest absolute Gasteiger partial charge is 0.354 e. The molecule has 3 atom stereocenters. The molecule has 0 bridgehead atoms. The van der Waals surface area contributed by atoms with Crippen molar-refractivity contribution in [2.45, 2.75) is 59.0 Å². The molecule has 0 saturated heterocycles. The molecule has 0 aromatic rings. The molecule has 3 unspecified atom stereocenters. The number of rotatable bonds is 8. The summed E-state index contributed by atoms with van der Waals surface area (Å²) in [6.45, 7) is 12.5. The van der Waals surface area contributed by atoms with Gasteiger partial charge in [0.05, 0.1) is 0 Å². The van der Waals surface area contributed by atoms with Crippen LogP contribution in [0.4, 0.5) is 0 Å². The quantitative estimate of drug-likeness (QED) is 0.523. The normalized spacial score (nSPS) is 24.4. The Morgan fingerprint density at radius 2 is 2.00 bits per heavy atom. The molecule has 1 rings (SSSR count). The average Bonchev–Trinajstić information content (AvgIpc) is 3.09. The maximum Gasteiger partial charge on any atom is 0.191 e. The SMILES string of the molecule is CCN(CC)CCCC(C)NC(=NC)NC1CC1C. The maximum atomic E-state index is 4.30. The monoisotopic (exact) mass is 268 g/mol. The highest BCUT2D eigenvalue weighted by atomic mass is 15.2. The van der Waals surface area contributed by atoms with Crippen LogP contribution >= 0.6 is 0 Å². The molecule has 0 spiro atoms. The van der Waals surface area contributed by atoms with Crippen LogP contribution in [0, 0.1) is 5.92 Å². The Hall–Kier alpha value is -0.770. The Morgan fingerprint density at radius 1 is 1.37 bits per heavy atom. The number of aliphatic imine (C=N–C) groups is 1. The zero-order valence-corrected chi connectivity index (χ0v) is 13.4. The van der Waals surface area contributed by atoms with Crippen molar-refractivity contribution in [3.63, 3.8) is 0 Å². The third-order valence-corrected chi connectivity index (χ3v) is 4.04. The molecule has 4 nitrogen and oxygen atoms in total. The molecule has 1 fully saturated rings. The van der Waals surface area contributed by atoms with Gasteiger partial charge < -0.3 is 15.5 Å². The first-order valence-electron chi connectivity index (χ1n) is 7.82. The van der Waals surface area contributed by atoms with Crippen LogP contribution in [-0.2, 0) is 0 Å². The lowest BCUT2D eigenvalue weighted by atomic mass is 10.2. The van der Waals surface area contributed by atoms with Gasteiger partial charge in [-0.25, -0.2) is 0 Å². The Kier molecular flexibility index (Phi) is 7.21. The lowest BCUT2D eigenvalue weighted by molar-refractivity contribution is 0.292. The molecule has 1 aliphatic rings. The number of hydrogen-bond donors (Lipinski definition) is 2. The summed E-state index contributed by atoms with van der Waals surface area (Å²) in [6, 6.07) is 1.12. The van der Waals surface area contributed by atoms with E-state index in [0.29, 0.717) is 12.1 Å². The van der Waals surface area contributed by atoms with E-state index in [9.17, 15) is 0 Å². The minimum absolute atomic E-state index is 0.482. The second-order valence-corrected chi connectivity index (χ2v) is 5.75. The van der Waals surface area contributed by atoms with E-state index in [0.717, 1.165) is 25.0 Å². The predicted octanol–water partition coefficient (Wildman–Crippen LogP) is 2.07.